The number of nitrogens with one attached hydrogen (secondary N) is 1. The number of anilines is 1. The van der Waals surface area contributed by atoms with Crippen molar-refractivity contribution in [1.82, 2.24) is 0 Å². The SMILES string of the molecule is C[C@]12CCC(=O)C=C1CC[C@@H]1[C@H]2CC[C@]2(C)C(C(=O)Nc3cccc(Cl)c3)CC[C@@H]12. The van der Waals surface area contributed by atoms with Gasteiger partial charge in [0.1, 0.15) is 0 Å². The quantitative estimate of drug-likeness (QED) is 0.593. The lowest BCUT2D eigenvalue weighted by molar-refractivity contribution is -0.127. The van der Waals surface area contributed by atoms with E-state index >= 15 is 0 Å². The van der Waals surface area contributed by atoms with E-state index in [0.717, 1.165) is 37.8 Å². The highest BCUT2D eigenvalue weighted by molar-refractivity contribution is 6.30. The van der Waals surface area contributed by atoms with Crippen LogP contribution in [0.5, 0.6) is 0 Å². The average molecular weight is 426 g/mol. The molecule has 5 rings (SSSR count). The van der Waals surface area contributed by atoms with Crippen molar-refractivity contribution < 1.29 is 9.59 Å². The maximum atomic E-state index is 13.3. The summed E-state index contributed by atoms with van der Waals surface area (Å²) >= 11 is 6.10. The lowest BCUT2D eigenvalue weighted by Crippen LogP contribution is -2.51. The van der Waals surface area contributed by atoms with Crippen LogP contribution in [0.4, 0.5) is 5.69 Å². The first-order valence-electron chi connectivity index (χ1n) is 11.6. The smallest absolute Gasteiger partial charge is 0.228 e. The number of allylic oxidation sites excluding steroid dienone is 1. The molecule has 0 spiro atoms. The highest BCUT2D eigenvalue weighted by Crippen LogP contribution is 2.66. The third-order valence-corrected chi connectivity index (χ3v) is 9.61. The van der Waals surface area contributed by atoms with Gasteiger partial charge >= 0.3 is 0 Å². The summed E-state index contributed by atoms with van der Waals surface area (Å²) in [6.45, 7) is 4.80. The Morgan fingerprint density at radius 3 is 2.70 bits per heavy atom. The zero-order valence-electron chi connectivity index (χ0n) is 18.0. The van der Waals surface area contributed by atoms with Gasteiger partial charge < -0.3 is 5.32 Å². The monoisotopic (exact) mass is 425 g/mol. The Hall–Kier alpha value is -1.61. The molecule has 0 saturated heterocycles. The lowest BCUT2D eigenvalue weighted by atomic mass is 9.47. The van der Waals surface area contributed by atoms with Gasteiger partial charge in [0.2, 0.25) is 5.91 Å². The third kappa shape index (κ3) is 3.07. The van der Waals surface area contributed by atoms with Crippen LogP contribution >= 0.6 is 11.6 Å². The van der Waals surface area contributed by atoms with Gasteiger partial charge in [0, 0.05) is 23.0 Å². The zero-order chi connectivity index (χ0) is 21.1. The molecule has 1 aromatic rings. The van der Waals surface area contributed by atoms with Crippen LogP contribution in [0.1, 0.15) is 65.2 Å². The molecule has 1 amide bonds. The maximum Gasteiger partial charge on any atom is 0.228 e. The van der Waals surface area contributed by atoms with Crippen molar-refractivity contribution in [2.24, 2.45) is 34.5 Å². The Morgan fingerprint density at radius 2 is 1.90 bits per heavy atom. The second-order valence-electron chi connectivity index (χ2n) is 10.6. The summed E-state index contributed by atoms with van der Waals surface area (Å²) in [5, 5.41) is 3.79. The number of amides is 1. The second kappa shape index (κ2) is 7.22. The standard InChI is InChI=1S/C26H32ClNO2/c1-25-12-10-19(29)14-16(25)6-7-20-21-8-9-23(26(21,2)13-11-22(20)25)24(30)28-18-5-3-4-17(27)15-18/h3-5,14-15,20-23H,6-13H2,1-2H3,(H,28,30)/t20-,21-,22+,23?,25-,26-/m0/s1. The Kier molecular flexibility index (Phi) is 4.89. The summed E-state index contributed by atoms with van der Waals surface area (Å²) in [7, 11) is 0. The minimum atomic E-state index is 0.0695. The van der Waals surface area contributed by atoms with Gasteiger partial charge in [-0.05, 0) is 97.8 Å². The molecule has 1 unspecified atom stereocenters. The van der Waals surface area contributed by atoms with Crippen molar-refractivity contribution in [3.63, 3.8) is 0 Å². The fourth-order valence-corrected chi connectivity index (χ4v) is 7.98. The maximum absolute atomic E-state index is 13.3. The van der Waals surface area contributed by atoms with Crippen molar-refractivity contribution in [2.45, 2.75) is 65.2 Å². The molecule has 0 aliphatic heterocycles. The van der Waals surface area contributed by atoms with Gasteiger partial charge in [-0.15, -0.1) is 0 Å². The molecule has 30 heavy (non-hydrogen) atoms. The number of carbonyl (C=O) groups is 2. The Balaban J connectivity index is 1.37. The number of rotatable bonds is 2. The summed E-state index contributed by atoms with van der Waals surface area (Å²) < 4.78 is 0. The zero-order valence-corrected chi connectivity index (χ0v) is 18.8. The first kappa shape index (κ1) is 20.3. The van der Waals surface area contributed by atoms with Crippen molar-refractivity contribution in [3.05, 3.63) is 40.9 Å². The predicted octanol–water partition coefficient (Wildman–Crippen LogP) is 6.43. The molecule has 4 heteroatoms. The van der Waals surface area contributed by atoms with E-state index in [-0.39, 0.29) is 22.7 Å². The normalized spacial score (nSPS) is 40.1. The Labute approximate surface area is 184 Å². The number of fused-ring (bicyclic) bond motifs is 5. The molecule has 0 bridgehead atoms. The van der Waals surface area contributed by atoms with E-state index in [1.165, 1.54) is 18.4 Å². The third-order valence-electron chi connectivity index (χ3n) is 9.37. The van der Waals surface area contributed by atoms with E-state index in [9.17, 15) is 9.59 Å². The Morgan fingerprint density at radius 1 is 1.07 bits per heavy atom. The number of ketones is 1. The van der Waals surface area contributed by atoms with Crippen LogP contribution in [-0.4, -0.2) is 11.7 Å². The minimum absolute atomic E-state index is 0.0695. The highest BCUT2D eigenvalue weighted by atomic mass is 35.5. The van der Waals surface area contributed by atoms with Crippen LogP contribution < -0.4 is 5.32 Å². The van der Waals surface area contributed by atoms with Gasteiger partial charge in [0.25, 0.3) is 0 Å². The highest BCUT2D eigenvalue weighted by Gasteiger charge is 2.60. The molecule has 4 aliphatic carbocycles. The molecule has 0 heterocycles. The molecular formula is C26H32ClNO2. The summed E-state index contributed by atoms with van der Waals surface area (Å²) in [4.78, 5) is 25.3. The summed E-state index contributed by atoms with van der Waals surface area (Å²) in [6, 6.07) is 7.45. The first-order valence-corrected chi connectivity index (χ1v) is 12.0. The summed E-state index contributed by atoms with van der Waals surface area (Å²) in [5.74, 6) is 2.51. The van der Waals surface area contributed by atoms with E-state index in [2.05, 4.69) is 19.2 Å². The molecule has 3 saturated carbocycles. The molecule has 0 aromatic heterocycles. The van der Waals surface area contributed by atoms with E-state index in [0.29, 0.717) is 35.0 Å². The molecule has 1 N–H and O–H groups in total. The van der Waals surface area contributed by atoms with Crippen LogP contribution in [-0.2, 0) is 9.59 Å². The molecule has 0 radical (unpaired) electrons. The molecule has 4 aliphatic rings. The van der Waals surface area contributed by atoms with Crippen molar-refractivity contribution >= 4 is 29.0 Å². The topological polar surface area (TPSA) is 46.2 Å². The van der Waals surface area contributed by atoms with Gasteiger partial charge in [-0.25, -0.2) is 0 Å². The molecule has 160 valence electrons. The van der Waals surface area contributed by atoms with E-state index < -0.39 is 0 Å². The second-order valence-corrected chi connectivity index (χ2v) is 11.1. The molecule has 6 atom stereocenters. The molecule has 3 nitrogen and oxygen atoms in total. The van der Waals surface area contributed by atoms with E-state index in [4.69, 9.17) is 11.6 Å². The van der Waals surface area contributed by atoms with Crippen LogP contribution in [0, 0.1) is 34.5 Å². The minimum Gasteiger partial charge on any atom is -0.326 e. The first-order chi connectivity index (χ1) is 14.3. The number of halogens is 1. The van der Waals surface area contributed by atoms with Gasteiger partial charge in [-0.3, -0.25) is 9.59 Å². The summed E-state index contributed by atoms with van der Waals surface area (Å²) in [6.07, 6.45) is 10.4. The van der Waals surface area contributed by atoms with Gasteiger partial charge in [-0.2, -0.15) is 0 Å². The average Bonchev–Trinajstić information content (AvgIpc) is 3.06. The molecule has 3 fully saturated rings. The van der Waals surface area contributed by atoms with E-state index in [1.807, 2.05) is 30.3 Å². The van der Waals surface area contributed by atoms with Crippen LogP contribution in [0.25, 0.3) is 0 Å². The largest absolute Gasteiger partial charge is 0.326 e. The van der Waals surface area contributed by atoms with Gasteiger partial charge in [0.05, 0.1) is 0 Å². The fraction of sp³-hybridized carbons (Fsp3) is 0.615. The van der Waals surface area contributed by atoms with Gasteiger partial charge in [-0.1, -0.05) is 37.1 Å². The number of benzene rings is 1. The number of hydrogen-bond donors (Lipinski definition) is 1. The van der Waals surface area contributed by atoms with Crippen molar-refractivity contribution in [1.29, 1.82) is 0 Å². The lowest BCUT2D eigenvalue weighted by Gasteiger charge is -2.58. The Bertz CT molecular complexity index is 923. The molecular weight excluding hydrogens is 394 g/mol. The predicted molar refractivity (Wildman–Crippen MR) is 120 cm³/mol. The van der Waals surface area contributed by atoms with Crippen LogP contribution in [0.15, 0.2) is 35.9 Å². The van der Waals surface area contributed by atoms with Crippen molar-refractivity contribution in [3.8, 4) is 0 Å². The number of carbonyl (C=O) groups excluding carboxylic acids is 2. The van der Waals surface area contributed by atoms with Crippen LogP contribution in [0.3, 0.4) is 0 Å². The van der Waals surface area contributed by atoms with Crippen LogP contribution in [0.2, 0.25) is 5.02 Å². The van der Waals surface area contributed by atoms with E-state index in [1.54, 1.807) is 0 Å². The van der Waals surface area contributed by atoms with Crippen molar-refractivity contribution in [2.75, 3.05) is 5.32 Å². The van der Waals surface area contributed by atoms with Gasteiger partial charge in [0.15, 0.2) is 5.78 Å². The fourth-order valence-electron chi connectivity index (χ4n) is 7.79. The molecule has 1 aromatic carbocycles. The summed E-state index contributed by atoms with van der Waals surface area (Å²) in [5.41, 5.74) is 2.47. The number of hydrogen-bond acceptors (Lipinski definition) is 2.